The minimum atomic E-state index is -4.18. The minimum absolute atomic E-state index is 0.172. The van der Waals surface area contributed by atoms with Gasteiger partial charge in [-0.2, -0.15) is 13.2 Å². The topological polar surface area (TPSA) is 3.24 Å². The molecule has 0 heterocycles. The van der Waals surface area contributed by atoms with Gasteiger partial charge >= 0.3 is 6.18 Å². The van der Waals surface area contributed by atoms with Gasteiger partial charge in [0.25, 0.3) is 0 Å². The molecule has 1 aromatic carbocycles. The molecular weight excluding hydrogens is 306 g/mol. The second-order valence-corrected chi connectivity index (χ2v) is 4.85. The summed E-state index contributed by atoms with van der Waals surface area (Å²) < 4.78 is 37.1. The first-order valence-electron chi connectivity index (χ1n) is 4.47. The summed E-state index contributed by atoms with van der Waals surface area (Å²) in [6.07, 6.45) is -4.18. The molecule has 0 aliphatic carbocycles. The van der Waals surface area contributed by atoms with E-state index >= 15 is 0 Å². The van der Waals surface area contributed by atoms with Gasteiger partial charge in [0.2, 0.25) is 0 Å². The molecule has 0 amide bonds. The molecule has 16 heavy (non-hydrogen) atoms. The second-order valence-electron chi connectivity index (χ2n) is 3.52. The van der Waals surface area contributed by atoms with E-state index in [1.807, 2.05) is 0 Å². The van der Waals surface area contributed by atoms with Crippen molar-refractivity contribution >= 4 is 27.5 Å². The number of rotatable bonds is 3. The summed E-state index contributed by atoms with van der Waals surface area (Å²) in [6, 6.07) is 5.13. The van der Waals surface area contributed by atoms with Crippen LogP contribution < -0.4 is 0 Å². The van der Waals surface area contributed by atoms with Crippen LogP contribution in [0.15, 0.2) is 22.7 Å². The van der Waals surface area contributed by atoms with E-state index in [1.54, 1.807) is 18.2 Å². The number of benzene rings is 1. The molecule has 6 heteroatoms. The monoisotopic (exact) mass is 315 g/mol. The molecular formula is C10H10BrClF3N. The van der Waals surface area contributed by atoms with Crippen molar-refractivity contribution in [1.82, 2.24) is 4.90 Å². The van der Waals surface area contributed by atoms with Gasteiger partial charge in [0.05, 0.1) is 6.54 Å². The maximum Gasteiger partial charge on any atom is 0.401 e. The van der Waals surface area contributed by atoms with E-state index in [0.717, 1.165) is 4.47 Å². The Morgan fingerprint density at radius 3 is 2.50 bits per heavy atom. The fourth-order valence-corrected chi connectivity index (χ4v) is 2.04. The van der Waals surface area contributed by atoms with Crippen LogP contribution in [-0.2, 0) is 6.54 Å². The molecule has 0 N–H and O–H groups in total. The lowest BCUT2D eigenvalue weighted by molar-refractivity contribution is -0.144. The van der Waals surface area contributed by atoms with E-state index in [-0.39, 0.29) is 6.54 Å². The lowest BCUT2D eigenvalue weighted by Gasteiger charge is -2.19. The molecule has 0 bridgehead atoms. The fraction of sp³-hybridized carbons (Fsp3) is 0.400. The van der Waals surface area contributed by atoms with Gasteiger partial charge in [-0.25, -0.2) is 0 Å². The van der Waals surface area contributed by atoms with Gasteiger partial charge in [-0.05, 0) is 24.7 Å². The SMILES string of the molecule is CN(Cc1ccc(Br)cc1Cl)CC(F)(F)F. The Morgan fingerprint density at radius 2 is 2.00 bits per heavy atom. The van der Waals surface area contributed by atoms with Crippen molar-refractivity contribution < 1.29 is 13.2 Å². The van der Waals surface area contributed by atoms with Crippen molar-refractivity contribution in [3.8, 4) is 0 Å². The molecule has 0 aliphatic heterocycles. The van der Waals surface area contributed by atoms with Crippen molar-refractivity contribution in [2.24, 2.45) is 0 Å². The third kappa shape index (κ3) is 4.72. The van der Waals surface area contributed by atoms with Crippen LogP contribution in [0, 0.1) is 0 Å². The fourth-order valence-electron chi connectivity index (χ4n) is 1.30. The number of alkyl halides is 3. The summed E-state index contributed by atoms with van der Waals surface area (Å²) in [6.45, 7) is -0.773. The van der Waals surface area contributed by atoms with E-state index in [4.69, 9.17) is 11.6 Å². The highest BCUT2D eigenvalue weighted by molar-refractivity contribution is 9.10. The van der Waals surface area contributed by atoms with Crippen LogP contribution in [0.2, 0.25) is 5.02 Å². The zero-order valence-corrected chi connectivity index (χ0v) is 10.8. The van der Waals surface area contributed by atoms with E-state index in [0.29, 0.717) is 10.6 Å². The molecule has 0 spiro atoms. The molecule has 90 valence electrons. The molecule has 0 atom stereocenters. The largest absolute Gasteiger partial charge is 0.401 e. The highest BCUT2D eigenvalue weighted by atomic mass is 79.9. The predicted octanol–water partition coefficient (Wildman–Crippen LogP) is 4.10. The average Bonchev–Trinajstić information content (AvgIpc) is 2.06. The zero-order chi connectivity index (χ0) is 12.3. The Morgan fingerprint density at radius 1 is 1.38 bits per heavy atom. The third-order valence-electron chi connectivity index (χ3n) is 1.90. The molecule has 0 aliphatic rings. The maximum atomic E-state index is 12.1. The van der Waals surface area contributed by atoms with E-state index in [9.17, 15) is 13.2 Å². The van der Waals surface area contributed by atoms with Gasteiger partial charge in [-0.3, -0.25) is 4.90 Å². The van der Waals surface area contributed by atoms with Gasteiger partial charge < -0.3 is 0 Å². The van der Waals surface area contributed by atoms with Gasteiger partial charge in [-0.1, -0.05) is 33.6 Å². The maximum absolute atomic E-state index is 12.1. The molecule has 0 unspecified atom stereocenters. The molecule has 0 aromatic heterocycles. The smallest absolute Gasteiger partial charge is 0.294 e. The summed E-state index contributed by atoms with van der Waals surface area (Å²) in [5.74, 6) is 0. The first-order valence-corrected chi connectivity index (χ1v) is 5.64. The Balaban J connectivity index is 2.66. The van der Waals surface area contributed by atoms with E-state index in [1.165, 1.54) is 11.9 Å². The molecule has 1 rings (SSSR count). The highest BCUT2D eigenvalue weighted by Gasteiger charge is 2.29. The van der Waals surface area contributed by atoms with Crippen molar-refractivity contribution in [2.45, 2.75) is 12.7 Å². The van der Waals surface area contributed by atoms with Crippen LogP contribution in [0.1, 0.15) is 5.56 Å². The van der Waals surface area contributed by atoms with Crippen LogP contribution in [0.25, 0.3) is 0 Å². The number of hydrogen-bond donors (Lipinski definition) is 0. The molecule has 0 saturated heterocycles. The molecule has 1 nitrogen and oxygen atoms in total. The Hall–Kier alpha value is -0.260. The summed E-state index contributed by atoms with van der Waals surface area (Å²) >= 11 is 9.14. The Labute approximate surface area is 105 Å². The summed E-state index contributed by atoms with van der Waals surface area (Å²) in [5, 5.41) is 0.461. The predicted molar refractivity (Wildman–Crippen MR) is 61.5 cm³/mol. The lowest BCUT2D eigenvalue weighted by Crippen LogP contribution is -2.30. The van der Waals surface area contributed by atoms with Gasteiger partial charge in [-0.15, -0.1) is 0 Å². The molecule has 0 saturated carbocycles. The number of halogens is 5. The van der Waals surface area contributed by atoms with Gasteiger partial charge in [0.15, 0.2) is 0 Å². The standard InChI is InChI=1S/C10H10BrClF3N/c1-16(6-10(13,14)15)5-7-2-3-8(11)4-9(7)12/h2-4H,5-6H2,1H3. The first kappa shape index (κ1) is 13.8. The van der Waals surface area contributed by atoms with Crippen molar-refractivity contribution in [3.63, 3.8) is 0 Å². The molecule has 0 fully saturated rings. The normalized spacial score (nSPS) is 12.2. The van der Waals surface area contributed by atoms with Crippen LogP contribution >= 0.6 is 27.5 Å². The first-order chi connectivity index (χ1) is 7.28. The van der Waals surface area contributed by atoms with Crippen LogP contribution in [0.3, 0.4) is 0 Å². The average molecular weight is 317 g/mol. The molecule has 0 radical (unpaired) electrons. The number of nitrogens with zero attached hydrogens (tertiary/aromatic N) is 1. The lowest BCUT2D eigenvalue weighted by atomic mass is 10.2. The van der Waals surface area contributed by atoms with E-state index in [2.05, 4.69) is 15.9 Å². The minimum Gasteiger partial charge on any atom is -0.294 e. The van der Waals surface area contributed by atoms with Crippen molar-refractivity contribution in [3.05, 3.63) is 33.3 Å². The van der Waals surface area contributed by atoms with Crippen LogP contribution in [0.5, 0.6) is 0 Å². The Kier molecular flexibility index (Phi) is 4.64. The van der Waals surface area contributed by atoms with Gasteiger partial charge in [0.1, 0.15) is 0 Å². The van der Waals surface area contributed by atoms with E-state index < -0.39 is 12.7 Å². The second kappa shape index (κ2) is 5.38. The third-order valence-corrected chi connectivity index (χ3v) is 2.75. The van der Waals surface area contributed by atoms with Crippen LogP contribution in [0.4, 0.5) is 13.2 Å². The highest BCUT2D eigenvalue weighted by Crippen LogP contribution is 2.23. The van der Waals surface area contributed by atoms with Crippen molar-refractivity contribution in [2.75, 3.05) is 13.6 Å². The van der Waals surface area contributed by atoms with Crippen molar-refractivity contribution in [1.29, 1.82) is 0 Å². The summed E-state index contributed by atoms with van der Waals surface area (Å²) in [5.41, 5.74) is 0.677. The zero-order valence-electron chi connectivity index (χ0n) is 8.48. The van der Waals surface area contributed by atoms with Gasteiger partial charge in [0, 0.05) is 16.0 Å². The number of hydrogen-bond acceptors (Lipinski definition) is 1. The quantitative estimate of drug-likeness (QED) is 0.811. The molecule has 1 aromatic rings. The summed E-state index contributed by atoms with van der Waals surface area (Å²) in [7, 11) is 1.41. The Bertz CT molecular complexity index is 368. The van der Waals surface area contributed by atoms with Crippen LogP contribution in [-0.4, -0.2) is 24.7 Å². The summed E-state index contributed by atoms with van der Waals surface area (Å²) in [4.78, 5) is 1.18.